The number of hydrogen-bond acceptors (Lipinski definition) is 5. The Labute approximate surface area is 145 Å². The Bertz CT molecular complexity index is 644. The number of hydroxylamine groups is 2. The second-order valence-corrected chi connectivity index (χ2v) is 5.89. The van der Waals surface area contributed by atoms with Crippen molar-refractivity contribution in [3.05, 3.63) is 35.2 Å². The summed E-state index contributed by atoms with van der Waals surface area (Å²) in [6.45, 7) is 4.31. The Morgan fingerprint density at radius 3 is 2.70 bits per heavy atom. The second kappa shape index (κ2) is 8.71. The van der Waals surface area contributed by atoms with E-state index in [4.69, 9.17) is 10.6 Å². The molecule has 0 radical (unpaired) electrons. The van der Waals surface area contributed by atoms with Gasteiger partial charge in [0.15, 0.2) is 0 Å². The van der Waals surface area contributed by atoms with Gasteiger partial charge in [-0.2, -0.15) is 0 Å². The van der Waals surface area contributed by atoms with Crippen molar-refractivity contribution in [3.8, 4) is 0 Å². The molecular weight excluding hydrogens is 338 g/mol. The molecule has 0 fully saturated rings. The van der Waals surface area contributed by atoms with E-state index in [-0.39, 0.29) is 19.0 Å². The number of nitrogens with zero attached hydrogens (tertiary/aromatic N) is 1. The van der Waals surface area contributed by atoms with Crippen LogP contribution in [0.2, 0.25) is 0 Å². The van der Waals surface area contributed by atoms with E-state index < -0.39 is 18.0 Å². The van der Waals surface area contributed by atoms with E-state index in [2.05, 4.69) is 5.32 Å². The normalized spacial score (nSPS) is 11.6. The van der Waals surface area contributed by atoms with E-state index >= 15 is 0 Å². The van der Waals surface area contributed by atoms with Gasteiger partial charge in [0.05, 0.1) is 6.54 Å². The predicted molar refractivity (Wildman–Crippen MR) is 93.5 cm³/mol. The summed E-state index contributed by atoms with van der Waals surface area (Å²) >= 11 is 1.54. The van der Waals surface area contributed by atoms with Crippen LogP contribution in [-0.2, 0) is 9.63 Å². The van der Waals surface area contributed by atoms with Crippen LogP contribution in [0.1, 0.15) is 24.8 Å². The first kappa shape index (κ1) is 19.2. The van der Waals surface area contributed by atoms with Crippen LogP contribution in [0.5, 0.6) is 0 Å². The van der Waals surface area contributed by atoms with Crippen LogP contribution in [-0.4, -0.2) is 30.2 Å². The zero-order valence-electron chi connectivity index (χ0n) is 12.9. The zero-order valence-corrected chi connectivity index (χ0v) is 14.6. The molecule has 6 nitrogen and oxygen atoms in total. The third-order valence-electron chi connectivity index (χ3n) is 3.14. The summed E-state index contributed by atoms with van der Waals surface area (Å²) in [6.07, 6.45) is 0. The second-order valence-electron chi connectivity index (χ2n) is 4.77. The molecule has 126 valence electrons. The minimum Gasteiger partial charge on any atom is -0.349 e. The molecule has 23 heavy (non-hydrogen) atoms. The number of nitrogens with two attached hydrogens (primary N) is 1. The van der Waals surface area contributed by atoms with Crippen molar-refractivity contribution >= 4 is 45.8 Å². The molecule has 0 bridgehead atoms. The number of amides is 2. The number of rotatable bonds is 5. The zero-order chi connectivity index (χ0) is 16.1. The Hall–Kier alpha value is -1.83. The maximum Gasteiger partial charge on any atom is 0.348 e. The van der Waals surface area contributed by atoms with Gasteiger partial charge in [0, 0.05) is 9.58 Å². The molecule has 1 aromatic carbocycles. The van der Waals surface area contributed by atoms with Gasteiger partial charge in [-0.1, -0.05) is 25.1 Å². The van der Waals surface area contributed by atoms with Gasteiger partial charge in [0.1, 0.15) is 6.04 Å². The van der Waals surface area contributed by atoms with Crippen LogP contribution in [0.15, 0.2) is 30.3 Å². The number of halogens is 1. The van der Waals surface area contributed by atoms with E-state index in [1.807, 2.05) is 37.3 Å². The average Bonchev–Trinajstić information content (AvgIpc) is 2.93. The molecule has 1 aromatic heterocycles. The minimum atomic E-state index is -0.796. The van der Waals surface area contributed by atoms with Crippen molar-refractivity contribution in [2.75, 3.05) is 13.1 Å². The summed E-state index contributed by atoms with van der Waals surface area (Å²) in [5.41, 5.74) is 5.34. The van der Waals surface area contributed by atoms with Crippen molar-refractivity contribution in [3.63, 3.8) is 0 Å². The number of fused-ring (bicyclic) bond motifs is 1. The first-order chi connectivity index (χ1) is 10.5. The molecule has 0 saturated heterocycles. The quantitative estimate of drug-likeness (QED) is 0.806. The number of primary amides is 1. The topological polar surface area (TPSA) is 84.7 Å². The van der Waals surface area contributed by atoms with E-state index in [0.29, 0.717) is 6.54 Å². The minimum absolute atomic E-state index is 0. The molecule has 0 spiro atoms. The van der Waals surface area contributed by atoms with Gasteiger partial charge in [0.2, 0.25) is 0 Å². The van der Waals surface area contributed by atoms with Gasteiger partial charge < -0.3 is 15.9 Å². The first-order valence-corrected chi connectivity index (χ1v) is 7.83. The molecule has 2 rings (SSSR count). The Kier molecular flexibility index (Phi) is 7.28. The number of thiophene rings is 1. The molecule has 1 unspecified atom stereocenters. The number of hydrogen-bond donors (Lipinski definition) is 2. The largest absolute Gasteiger partial charge is 0.349 e. The fourth-order valence-electron chi connectivity index (χ4n) is 2.01. The summed E-state index contributed by atoms with van der Waals surface area (Å²) < 4.78 is 1.10. The van der Waals surface area contributed by atoms with Crippen LogP contribution < -0.4 is 11.1 Å². The van der Waals surface area contributed by atoms with E-state index in [0.717, 1.165) is 20.0 Å². The molecule has 0 saturated carbocycles. The van der Waals surface area contributed by atoms with Crippen molar-refractivity contribution in [1.29, 1.82) is 0 Å². The number of benzene rings is 1. The van der Waals surface area contributed by atoms with E-state index in [9.17, 15) is 9.59 Å². The molecule has 0 aliphatic carbocycles. The standard InChI is InChI=1S/C15H19N3O3S.ClH/c1-3-17-9-14(19)21-18(15(16)20)10(2)13-8-11-6-4-5-7-12(11)22-13;/h4-8,10,17H,3,9H2,1-2H3,(H2,16,20);1H. The first-order valence-electron chi connectivity index (χ1n) is 7.01. The van der Waals surface area contributed by atoms with Gasteiger partial charge in [-0.3, -0.25) is 0 Å². The van der Waals surface area contributed by atoms with Crippen LogP contribution >= 0.6 is 23.7 Å². The lowest BCUT2D eigenvalue weighted by atomic mass is 10.2. The third-order valence-corrected chi connectivity index (χ3v) is 4.43. The average molecular weight is 358 g/mol. The maximum absolute atomic E-state index is 11.7. The van der Waals surface area contributed by atoms with Crippen molar-refractivity contribution < 1.29 is 14.4 Å². The fourth-order valence-corrected chi connectivity index (χ4v) is 3.11. The summed E-state index contributed by atoms with van der Waals surface area (Å²) in [5.74, 6) is -0.548. The molecule has 2 aromatic rings. The highest BCUT2D eigenvalue weighted by Gasteiger charge is 2.25. The van der Waals surface area contributed by atoms with Crippen LogP contribution in [0, 0.1) is 0 Å². The molecule has 2 amide bonds. The molecular formula is C15H20ClN3O3S. The highest BCUT2D eigenvalue weighted by molar-refractivity contribution is 7.19. The molecule has 1 atom stereocenters. The number of likely N-dealkylation sites (N-methyl/N-ethyl adjacent to an activating group) is 1. The summed E-state index contributed by atoms with van der Waals surface area (Å²) in [4.78, 5) is 29.3. The highest BCUT2D eigenvalue weighted by atomic mass is 35.5. The van der Waals surface area contributed by atoms with Crippen molar-refractivity contribution in [2.45, 2.75) is 19.9 Å². The lowest BCUT2D eigenvalue weighted by Gasteiger charge is -2.24. The molecule has 1 heterocycles. The van der Waals surface area contributed by atoms with Gasteiger partial charge in [-0.25, -0.2) is 9.59 Å². The van der Waals surface area contributed by atoms with Crippen molar-refractivity contribution in [1.82, 2.24) is 10.4 Å². The summed E-state index contributed by atoms with van der Waals surface area (Å²) in [6, 6.07) is 8.63. The number of carbonyl (C=O) groups excluding carboxylic acids is 2. The predicted octanol–water partition coefficient (Wildman–Crippen LogP) is 2.83. The number of nitrogens with one attached hydrogen (secondary N) is 1. The highest BCUT2D eigenvalue weighted by Crippen LogP contribution is 2.32. The maximum atomic E-state index is 11.7. The van der Waals surface area contributed by atoms with Crippen molar-refractivity contribution in [2.24, 2.45) is 5.73 Å². The Balaban J connectivity index is 0.00000264. The van der Waals surface area contributed by atoms with Gasteiger partial charge in [-0.15, -0.1) is 28.8 Å². The molecule has 3 N–H and O–H groups in total. The fraction of sp³-hybridized carbons (Fsp3) is 0.333. The van der Waals surface area contributed by atoms with Gasteiger partial charge in [0.25, 0.3) is 0 Å². The lowest BCUT2D eigenvalue weighted by molar-refractivity contribution is -0.182. The Morgan fingerprint density at radius 2 is 2.09 bits per heavy atom. The summed E-state index contributed by atoms with van der Waals surface area (Å²) in [7, 11) is 0. The molecule has 8 heteroatoms. The monoisotopic (exact) mass is 357 g/mol. The number of carbonyl (C=O) groups is 2. The van der Waals surface area contributed by atoms with Gasteiger partial charge >= 0.3 is 12.0 Å². The van der Waals surface area contributed by atoms with E-state index in [1.165, 1.54) is 11.3 Å². The van der Waals surface area contributed by atoms with Gasteiger partial charge in [-0.05, 0) is 31.0 Å². The van der Waals surface area contributed by atoms with Crippen LogP contribution in [0.25, 0.3) is 10.1 Å². The smallest absolute Gasteiger partial charge is 0.348 e. The SMILES string of the molecule is CCNCC(=O)ON(C(N)=O)C(C)c1cc2ccccc2s1.Cl. The lowest BCUT2D eigenvalue weighted by Crippen LogP contribution is -2.41. The third kappa shape index (κ3) is 4.82. The molecule has 0 aliphatic rings. The number of urea groups is 1. The summed E-state index contributed by atoms with van der Waals surface area (Å²) in [5, 5.41) is 4.84. The van der Waals surface area contributed by atoms with Crippen LogP contribution in [0.4, 0.5) is 4.79 Å². The molecule has 0 aliphatic heterocycles. The van der Waals surface area contributed by atoms with E-state index in [1.54, 1.807) is 6.92 Å². The Morgan fingerprint density at radius 1 is 1.39 bits per heavy atom. The van der Waals surface area contributed by atoms with Crippen LogP contribution in [0.3, 0.4) is 0 Å².